The molecule has 1 fully saturated rings. The number of carboxylic acid groups (broad SMARTS) is 1. The van der Waals surface area contributed by atoms with Gasteiger partial charge in [0.1, 0.15) is 11.4 Å². The molecule has 0 aliphatic carbocycles. The summed E-state index contributed by atoms with van der Waals surface area (Å²) < 4.78 is 29.7. The molecule has 0 saturated carbocycles. The van der Waals surface area contributed by atoms with Gasteiger partial charge in [-0.05, 0) is 36.8 Å². The van der Waals surface area contributed by atoms with Crippen LogP contribution in [0.3, 0.4) is 0 Å². The number of hydrogen-bond donors (Lipinski definition) is 1. The maximum absolute atomic E-state index is 11.6. The first kappa shape index (κ1) is 15.5. The molecule has 0 spiro atoms. The number of sulfone groups is 1. The van der Waals surface area contributed by atoms with E-state index in [1.807, 2.05) is 0 Å². The Balaban J connectivity index is 2.00. The van der Waals surface area contributed by atoms with Crippen molar-refractivity contribution in [3.63, 3.8) is 0 Å². The zero-order valence-corrected chi connectivity index (χ0v) is 13.3. The van der Waals surface area contributed by atoms with Gasteiger partial charge in [-0.2, -0.15) is 5.10 Å². The van der Waals surface area contributed by atoms with Gasteiger partial charge < -0.3 is 9.84 Å². The Morgan fingerprint density at radius 1 is 1.35 bits per heavy atom. The summed E-state index contributed by atoms with van der Waals surface area (Å²) in [6.07, 6.45) is 0.381. The van der Waals surface area contributed by atoms with Crippen molar-refractivity contribution < 1.29 is 23.1 Å². The lowest BCUT2D eigenvalue weighted by Crippen LogP contribution is -2.17. The van der Waals surface area contributed by atoms with E-state index in [2.05, 4.69) is 5.10 Å². The lowest BCUT2D eigenvalue weighted by molar-refractivity contribution is 0.0681. The monoisotopic (exact) mass is 336 g/mol. The molecule has 3 rings (SSSR count). The second-order valence-corrected chi connectivity index (χ2v) is 7.68. The van der Waals surface area contributed by atoms with E-state index in [-0.39, 0.29) is 17.2 Å². The number of aromatic nitrogens is 2. The predicted molar refractivity (Wildman–Crippen MR) is 83.5 cm³/mol. The molecule has 1 N–H and O–H groups in total. The molecule has 1 atom stereocenters. The minimum atomic E-state index is -3.12. The highest BCUT2D eigenvalue weighted by Crippen LogP contribution is 2.28. The van der Waals surface area contributed by atoms with Crippen LogP contribution in [0.5, 0.6) is 5.75 Å². The topological polar surface area (TPSA) is 98.5 Å². The smallest absolute Gasteiger partial charge is 0.354 e. The first-order valence-corrected chi connectivity index (χ1v) is 8.89. The van der Waals surface area contributed by atoms with Crippen LogP contribution in [0.25, 0.3) is 11.3 Å². The lowest BCUT2D eigenvalue weighted by atomic mass is 10.1. The molecule has 122 valence electrons. The van der Waals surface area contributed by atoms with Crippen LogP contribution in [0.1, 0.15) is 23.0 Å². The van der Waals surface area contributed by atoms with Crippen LogP contribution in [0, 0.1) is 0 Å². The van der Waals surface area contributed by atoms with Gasteiger partial charge in [-0.25, -0.2) is 13.2 Å². The van der Waals surface area contributed by atoms with Crippen LogP contribution in [0.15, 0.2) is 30.3 Å². The zero-order valence-electron chi connectivity index (χ0n) is 12.5. The summed E-state index contributed by atoms with van der Waals surface area (Å²) in [5, 5.41) is 13.7. The average Bonchev–Trinajstić information content (AvgIpc) is 3.11. The third-order valence-corrected chi connectivity index (χ3v) is 5.65. The Hall–Kier alpha value is -2.35. The normalized spacial score (nSPS) is 19.6. The largest absolute Gasteiger partial charge is 0.497 e. The molecule has 7 nitrogen and oxygen atoms in total. The van der Waals surface area contributed by atoms with Gasteiger partial charge in [-0.15, -0.1) is 0 Å². The fourth-order valence-corrected chi connectivity index (χ4v) is 4.40. The Morgan fingerprint density at radius 2 is 2.04 bits per heavy atom. The number of benzene rings is 1. The number of ether oxygens (including phenoxy) is 1. The summed E-state index contributed by atoms with van der Waals surface area (Å²) in [7, 11) is -1.56. The minimum Gasteiger partial charge on any atom is -0.497 e. The van der Waals surface area contributed by atoms with E-state index in [4.69, 9.17) is 4.74 Å². The third-order valence-electron chi connectivity index (χ3n) is 3.89. The third kappa shape index (κ3) is 3.07. The fraction of sp³-hybridized carbons (Fsp3) is 0.333. The van der Waals surface area contributed by atoms with Crippen LogP contribution >= 0.6 is 0 Å². The highest BCUT2D eigenvalue weighted by atomic mass is 32.2. The van der Waals surface area contributed by atoms with Crippen LogP contribution in [-0.2, 0) is 9.84 Å². The number of methoxy groups -OCH3 is 1. The van der Waals surface area contributed by atoms with Gasteiger partial charge in [0.05, 0.1) is 30.4 Å². The highest BCUT2D eigenvalue weighted by Gasteiger charge is 2.32. The molecule has 2 heterocycles. The summed E-state index contributed by atoms with van der Waals surface area (Å²) in [5.41, 5.74) is 1.24. The van der Waals surface area contributed by atoms with E-state index in [9.17, 15) is 18.3 Å². The number of hydrogen-bond acceptors (Lipinski definition) is 5. The number of carboxylic acids is 1. The quantitative estimate of drug-likeness (QED) is 0.911. The molecule has 1 aliphatic rings. The van der Waals surface area contributed by atoms with E-state index >= 15 is 0 Å². The van der Waals surface area contributed by atoms with Crippen LogP contribution in [0.2, 0.25) is 0 Å². The van der Waals surface area contributed by atoms with Crippen LogP contribution < -0.4 is 4.74 Å². The van der Waals surface area contributed by atoms with Crippen molar-refractivity contribution in [2.75, 3.05) is 18.6 Å². The Labute approximate surface area is 133 Å². The minimum absolute atomic E-state index is 0.00193. The highest BCUT2D eigenvalue weighted by molar-refractivity contribution is 7.91. The summed E-state index contributed by atoms with van der Waals surface area (Å²) in [6, 6.07) is 8.11. The van der Waals surface area contributed by atoms with Crippen molar-refractivity contribution in [1.29, 1.82) is 0 Å². The van der Waals surface area contributed by atoms with E-state index in [1.54, 1.807) is 31.4 Å². The van der Waals surface area contributed by atoms with Gasteiger partial charge >= 0.3 is 5.97 Å². The number of carbonyl (C=O) groups is 1. The van der Waals surface area contributed by atoms with Gasteiger partial charge in [0, 0.05) is 5.56 Å². The van der Waals surface area contributed by atoms with Crippen molar-refractivity contribution in [2.45, 2.75) is 12.5 Å². The molecule has 0 unspecified atom stereocenters. The summed E-state index contributed by atoms with van der Waals surface area (Å²) >= 11 is 0. The molecule has 0 amide bonds. The summed E-state index contributed by atoms with van der Waals surface area (Å²) in [5.74, 6) is -0.444. The standard InChI is InChI=1S/C15H16N2O5S/c1-22-12-4-2-10(3-5-12)13-8-14(15(18)19)17(16-13)11-6-7-23(20,21)9-11/h2-5,8,11H,6-7,9H2,1H3,(H,18,19)/t11-/m1/s1. The Bertz CT molecular complexity index is 839. The van der Waals surface area contributed by atoms with Gasteiger partial charge in [0.25, 0.3) is 0 Å². The maximum Gasteiger partial charge on any atom is 0.354 e. The van der Waals surface area contributed by atoms with Crippen molar-refractivity contribution >= 4 is 15.8 Å². The average molecular weight is 336 g/mol. The molecular formula is C15H16N2O5S. The first-order chi connectivity index (χ1) is 10.9. The molecule has 0 radical (unpaired) electrons. The van der Waals surface area contributed by atoms with E-state index in [0.717, 1.165) is 5.56 Å². The summed E-state index contributed by atoms with van der Waals surface area (Å²) in [6.45, 7) is 0. The van der Waals surface area contributed by atoms with Crippen molar-refractivity contribution in [1.82, 2.24) is 9.78 Å². The number of aromatic carboxylic acids is 1. The molecule has 1 aromatic carbocycles. The summed E-state index contributed by atoms with van der Waals surface area (Å²) in [4.78, 5) is 11.5. The second kappa shape index (κ2) is 5.69. The van der Waals surface area contributed by atoms with Crippen molar-refractivity contribution in [3.8, 4) is 17.0 Å². The Morgan fingerprint density at radius 3 is 2.57 bits per heavy atom. The number of nitrogens with zero attached hydrogens (tertiary/aromatic N) is 2. The SMILES string of the molecule is COc1ccc(-c2cc(C(=O)O)n([C@@H]3CCS(=O)(=O)C3)n2)cc1. The first-order valence-electron chi connectivity index (χ1n) is 7.07. The molecule has 23 heavy (non-hydrogen) atoms. The van der Waals surface area contributed by atoms with Gasteiger partial charge in [-0.1, -0.05) is 0 Å². The molecule has 1 aromatic heterocycles. The molecule has 8 heteroatoms. The van der Waals surface area contributed by atoms with E-state index in [0.29, 0.717) is 17.9 Å². The Kier molecular flexibility index (Phi) is 3.85. The predicted octanol–water partition coefficient (Wildman–Crippen LogP) is 1.62. The van der Waals surface area contributed by atoms with E-state index in [1.165, 1.54) is 10.7 Å². The second-order valence-electron chi connectivity index (χ2n) is 5.45. The fourth-order valence-electron chi connectivity index (χ4n) is 2.70. The van der Waals surface area contributed by atoms with Gasteiger partial charge in [0.15, 0.2) is 9.84 Å². The molecule has 2 aromatic rings. The van der Waals surface area contributed by atoms with Crippen LogP contribution in [-0.4, -0.2) is 47.9 Å². The van der Waals surface area contributed by atoms with Gasteiger partial charge in [0.2, 0.25) is 0 Å². The molecule has 1 aliphatic heterocycles. The van der Waals surface area contributed by atoms with Crippen molar-refractivity contribution in [2.24, 2.45) is 0 Å². The zero-order chi connectivity index (χ0) is 16.6. The molecule has 1 saturated heterocycles. The lowest BCUT2D eigenvalue weighted by Gasteiger charge is -2.10. The molecule has 0 bridgehead atoms. The molecular weight excluding hydrogens is 320 g/mol. The van der Waals surface area contributed by atoms with Crippen molar-refractivity contribution in [3.05, 3.63) is 36.0 Å². The van der Waals surface area contributed by atoms with Crippen LogP contribution in [0.4, 0.5) is 0 Å². The number of rotatable bonds is 4. The van der Waals surface area contributed by atoms with E-state index < -0.39 is 21.8 Å². The van der Waals surface area contributed by atoms with Gasteiger partial charge in [-0.3, -0.25) is 4.68 Å². The maximum atomic E-state index is 11.6.